The van der Waals surface area contributed by atoms with E-state index in [2.05, 4.69) is 39.0 Å². The van der Waals surface area contributed by atoms with Crippen LogP contribution in [0.25, 0.3) is 0 Å². The lowest BCUT2D eigenvalue weighted by Gasteiger charge is -2.10. The fraction of sp³-hybridized carbons (Fsp3) is 0.429. The van der Waals surface area contributed by atoms with Crippen molar-refractivity contribution in [1.82, 2.24) is 0 Å². The number of hydrogen-bond donors (Lipinski definition) is 0. The average molecular weight is 220 g/mol. The van der Waals surface area contributed by atoms with Crippen LogP contribution in [0.4, 0.5) is 0 Å². The monoisotopic (exact) mass is 220 g/mol. The van der Waals surface area contributed by atoms with E-state index in [9.17, 15) is 0 Å². The van der Waals surface area contributed by atoms with Crippen molar-refractivity contribution in [3.8, 4) is 5.75 Å². The van der Waals surface area contributed by atoms with Crippen LogP contribution in [0.15, 0.2) is 29.8 Å². The molecule has 0 aliphatic carbocycles. The molecule has 0 unspecified atom stereocenters. The van der Waals surface area contributed by atoms with Gasteiger partial charge in [-0.3, -0.25) is 0 Å². The molecule has 2 heteroatoms. The van der Waals surface area contributed by atoms with E-state index in [0.29, 0.717) is 6.79 Å². The summed E-state index contributed by atoms with van der Waals surface area (Å²) in [5, 5.41) is 0. The average Bonchev–Trinajstić information content (AvgIpc) is 2.25. The largest absolute Gasteiger partial charge is 0.467 e. The minimum Gasteiger partial charge on any atom is -0.467 e. The van der Waals surface area contributed by atoms with Crippen molar-refractivity contribution in [3.63, 3.8) is 0 Å². The van der Waals surface area contributed by atoms with Crippen LogP contribution in [0.3, 0.4) is 0 Å². The molecule has 88 valence electrons. The van der Waals surface area contributed by atoms with Crippen LogP contribution in [0.5, 0.6) is 5.75 Å². The maximum Gasteiger partial charge on any atom is 0.188 e. The first-order valence-corrected chi connectivity index (χ1v) is 5.48. The molecule has 0 aliphatic heterocycles. The third-order valence-corrected chi connectivity index (χ3v) is 2.28. The maximum atomic E-state index is 5.52. The molecule has 0 heterocycles. The highest BCUT2D eigenvalue weighted by Gasteiger charge is 2.02. The minimum atomic E-state index is 0.297. The van der Waals surface area contributed by atoms with Crippen LogP contribution in [-0.2, 0) is 11.2 Å². The lowest BCUT2D eigenvalue weighted by molar-refractivity contribution is 0.0505. The summed E-state index contributed by atoms with van der Waals surface area (Å²) in [5.41, 5.74) is 3.78. The predicted molar refractivity (Wildman–Crippen MR) is 66.8 cm³/mol. The number of aryl methyl sites for hydroxylation is 1. The zero-order valence-corrected chi connectivity index (χ0v) is 10.5. The number of methoxy groups -OCH3 is 1. The summed E-state index contributed by atoms with van der Waals surface area (Å²) >= 11 is 0. The standard InChI is InChI=1S/C14H20O2/c1-11(2)5-7-13-9-12(3)6-8-14(13)16-10-15-4/h5-6,8-9H,7,10H2,1-4H3. The van der Waals surface area contributed by atoms with Gasteiger partial charge in [0.1, 0.15) is 5.75 Å². The summed E-state index contributed by atoms with van der Waals surface area (Å²) in [6.07, 6.45) is 3.11. The Morgan fingerprint density at radius 2 is 2.06 bits per heavy atom. The molecule has 0 spiro atoms. The smallest absolute Gasteiger partial charge is 0.188 e. The predicted octanol–water partition coefficient (Wildman–Crippen LogP) is 3.49. The Bertz CT molecular complexity index is 363. The molecule has 0 amide bonds. The first-order valence-electron chi connectivity index (χ1n) is 5.48. The van der Waals surface area contributed by atoms with E-state index >= 15 is 0 Å². The Labute approximate surface area is 97.9 Å². The van der Waals surface area contributed by atoms with E-state index in [-0.39, 0.29) is 0 Å². The van der Waals surface area contributed by atoms with Gasteiger partial charge in [0.2, 0.25) is 0 Å². The van der Waals surface area contributed by atoms with Gasteiger partial charge in [-0.1, -0.05) is 29.3 Å². The second kappa shape index (κ2) is 6.33. The minimum absolute atomic E-state index is 0.297. The normalized spacial score (nSPS) is 10.0. The van der Waals surface area contributed by atoms with Gasteiger partial charge in [0.15, 0.2) is 6.79 Å². The van der Waals surface area contributed by atoms with E-state index in [1.54, 1.807) is 7.11 Å². The van der Waals surface area contributed by atoms with E-state index in [1.807, 2.05) is 6.07 Å². The zero-order chi connectivity index (χ0) is 12.0. The molecule has 0 N–H and O–H groups in total. The molecule has 0 saturated carbocycles. The van der Waals surface area contributed by atoms with E-state index < -0.39 is 0 Å². The summed E-state index contributed by atoms with van der Waals surface area (Å²) in [7, 11) is 1.63. The lowest BCUT2D eigenvalue weighted by atomic mass is 10.1. The van der Waals surface area contributed by atoms with Crippen LogP contribution in [0.1, 0.15) is 25.0 Å². The Hall–Kier alpha value is -1.28. The first-order chi connectivity index (χ1) is 7.63. The fourth-order valence-corrected chi connectivity index (χ4v) is 1.45. The molecule has 0 fully saturated rings. The van der Waals surface area contributed by atoms with E-state index in [0.717, 1.165) is 12.2 Å². The number of benzene rings is 1. The quantitative estimate of drug-likeness (QED) is 0.558. The van der Waals surface area contributed by atoms with Crippen molar-refractivity contribution >= 4 is 0 Å². The molecule has 1 aromatic rings. The molecule has 1 rings (SSSR count). The van der Waals surface area contributed by atoms with Crippen molar-refractivity contribution in [3.05, 3.63) is 41.0 Å². The molecular weight excluding hydrogens is 200 g/mol. The highest BCUT2D eigenvalue weighted by Crippen LogP contribution is 2.21. The third-order valence-electron chi connectivity index (χ3n) is 2.28. The van der Waals surface area contributed by atoms with Crippen LogP contribution in [-0.4, -0.2) is 13.9 Å². The third kappa shape index (κ3) is 4.07. The number of rotatable bonds is 5. The van der Waals surface area contributed by atoms with Gasteiger partial charge in [-0.05, 0) is 38.8 Å². The zero-order valence-electron chi connectivity index (χ0n) is 10.5. The highest BCUT2D eigenvalue weighted by atomic mass is 16.7. The van der Waals surface area contributed by atoms with Gasteiger partial charge in [-0.15, -0.1) is 0 Å². The van der Waals surface area contributed by atoms with Gasteiger partial charge >= 0.3 is 0 Å². The van der Waals surface area contributed by atoms with Crippen LogP contribution in [0.2, 0.25) is 0 Å². The molecule has 0 bridgehead atoms. The molecule has 0 radical (unpaired) electrons. The van der Waals surface area contributed by atoms with Crippen molar-refractivity contribution in [2.45, 2.75) is 27.2 Å². The van der Waals surface area contributed by atoms with Gasteiger partial charge in [0.05, 0.1) is 0 Å². The lowest BCUT2D eigenvalue weighted by Crippen LogP contribution is -2.01. The summed E-state index contributed by atoms with van der Waals surface area (Å²) in [6, 6.07) is 6.21. The van der Waals surface area contributed by atoms with Crippen molar-refractivity contribution in [2.24, 2.45) is 0 Å². The number of hydrogen-bond acceptors (Lipinski definition) is 2. The Balaban J connectivity index is 2.85. The second-order valence-electron chi connectivity index (χ2n) is 4.15. The van der Waals surface area contributed by atoms with Gasteiger partial charge in [-0.25, -0.2) is 0 Å². The molecule has 0 atom stereocenters. The number of allylic oxidation sites excluding steroid dienone is 2. The van der Waals surface area contributed by atoms with E-state index in [1.165, 1.54) is 16.7 Å². The van der Waals surface area contributed by atoms with Crippen molar-refractivity contribution in [2.75, 3.05) is 13.9 Å². The molecule has 1 aromatic carbocycles. The van der Waals surface area contributed by atoms with E-state index in [4.69, 9.17) is 9.47 Å². The molecule has 16 heavy (non-hydrogen) atoms. The fourth-order valence-electron chi connectivity index (χ4n) is 1.45. The summed E-state index contributed by atoms with van der Waals surface area (Å²) < 4.78 is 10.4. The van der Waals surface area contributed by atoms with Crippen LogP contribution < -0.4 is 4.74 Å². The molecule has 0 aromatic heterocycles. The van der Waals surface area contributed by atoms with Crippen LogP contribution >= 0.6 is 0 Å². The Morgan fingerprint density at radius 3 is 2.69 bits per heavy atom. The van der Waals surface area contributed by atoms with Gasteiger partial charge in [0.25, 0.3) is 0 Å². The summed E-state index contributed by atoms with van der Waals surface area (Å²) in [5.74, 6) is 0.907. The molecular formula is C14H20O2. The summed E-state index contributed by atoms with van der Waals surface area (Å²) in [4.78, 5) is 0. The van der Waals surface area contributed by atoms with Crippen LogP contribution in [0, 0.1) is 6.92 Å². The van der Waals surface area contributed by atoms with Gasteiger partial charge in [0, 0.05) is 7.11 Å². The SMILES string of the molecule is COCOc1ccc(C)cc1CC=C(C)C. The van der Waals surface area contributed by atoms with Crippen molar-refractivity contribution < 1.29 is 9.47 Å². The molecule has 2 nitrogen and oxygen atoms in total. The highest BCUT2D eigenvalue weighted by molar-refractivity contribution is 5.38. The first kappa shape index (κ1) is 12.8. The number of ether oxygens (including phenoxy) is 2. The van der Waals surface area contributed by atoms with Gasteiger partial charge in [-0.2, -0.15) is 0 Å². The Kier molecular flexibility index (Phi) is 5.06. The topological polar surface area (TPSA) is 18.5 Å². The maximum absolute atomic E-state index is 5.52. The molecule has 0 saturated heterocycles. The summed E-state index contributed by atoms with van der Waals surface area (Å²) in [6.45, 7) is 6.59. The van der Waals surface area contributed by atoms with Crippen molar-refractivity contribution in [1.29, 1.82) is 0 Å². The second-order valence-corrected chi connectivity index (χ2v) is 4.15. The Morgan fingerprint density at radius 1 is 1.31 bits per heavy atom. The van der Waals surface area contributed by atoms with Gasteiger partial charge < -0.3 is 9.47 Å². The molecule has 0 aliphatic rings.